The molecule has 0 radical (unpaired) electrons. The number of nitrogens with zero attached hydrogens (tertiary/aromatic N) is 3. The molecule has 0 saturated carbocycles. The molecule has 1 aromatic heterocycles. The van der Waals surface area contributed by atoms with Gasteiger partial charge in [0.1, 0.15) is 5.69 Å². The topological polar surface area (TPSA) is 29.0 Å². The highest BCUT2D eigenvalue weighted by atomic mass is 35.5. The Bertz CT molecular complexity index is 958. The molecular weight excluding hydrogens is 363 g/mol. The van der Waals surface area contributed by atoms with Crippen molar-refractivity contribution in [3.8, 4) is 11.4 Å². The number of fused-ring (bicyclic) bond motifs is 1. The van der Waals surface area contributed by atoms with Gasteiger partial charge in [-0.05, 0) is 18.2 Å². The van der Waals surface area contributed by atoms with E-state index in [1.54, 1.807) is 0 Å². The van der Waals surface area contributed by atoms with E-state index in [0.29, 0.717) is 24.3 Å². The Labute approximate surface area is 153 Å². The molecule has 0 amide bonds. The molecule has 0 unspecified atom stereocenters. The summed E-state index contributed by atoms with van der Waals surface area (Å²) in [7, 11) is 0. The van der Waals surface area contributed by atoms with Crippen molar-refractivity contribution in [2.24, 2.45) is 0 Å². The summed E-state index contributed by atoms with van der Waals surface area (Å²) in [5.41, 5.74) is 1.42. The van der Waals surface area contributed by atoms with E-state index in [1.165, 1.54) is 18.2 Å². The maximum atomic E-state index is 13.3. The molecule has 0 aliphatic carbocycles. The number of para-hydroxylation sites is 1. The molecule has 2 aromatic carbocycles. The summed E-state index contributed by atoms with van der Waals surface area (Å²) in [5.74, 6) is -0.00316. The van der Waals surface area contributed by atoms with Gasteiger partial charge in [-0.1, -0.05) is 48.0 Å². The van der Waals surface area contributed by atoms with Crippen LogP contribution >= 0.6 is 11.6 Å². The predicted molar refractivity (Wildman–Crippen MR) is 94.6 cm³/mol. The number of anilines is 2. The lowest BCUT2D eigenvalue weighted by atomic mass is 10.1. The SMILES string of the molecule is FC(F)(F)c1ccccc1-c1nc(Cl)c2c(n1)CCN2c1ccccc1. The van der Waals surface area contributed by atoms with Gasteiger partial charge >= 0.3 is 6.18 Å². The molecule has 0 atom stereocenters. The van der Waals surface area contributed by atoms with Gasteiger partial charge < -0.3 is 4.90 Å². The van der Waals surface area contributed by atoms with Gasteiger partial charge in [-0.25, -0.2) is 9.97 Å². The number of hydrogen-bond donors (Lipinski definition) is 0. The van der Waals surface area contributed by atoms with Crippen molar-refractivity contribution in [2.75, 3.05) is 11.4 Å². The molecule has 0 saturated heterocycles. The van der Waals surface area contributed by atoms with Crippen LogP contribution in [0.1, 0.15) is 11.3 Å². The van der Waals surface area contributed by atoms with Crippen molar-refractivity contribution in [1.29, 1.82) is 0 Å². The Hall–Kier alpha value is -2.60. The Morgan fingerprint density at radius 3 is 2.35 bits per heavy atom. The van der Waals surface area contributed by atoms with Crippen LogP contribution in [0.2, 0.25) is 5.15 Å². The minimum Gasteiger partial charge on any atom is -0.337 e. The van der Waals surface area contributed by atoms with Crippen molar-refractivity contribution in [2.45, 2.75) is 12.6 Å². The average molecular weight is 376 g/mol. The molecule has 0 fully saturated rings. The Kier molecular flexibility index (Phi) is 4.07. The number of hydrogen-bond acceptors (Lipinski definition) is 3. The van der Waals surface area contributed by atoms with Gasteiger partial charge in [0.2, 0.25) is 0 Å². The zero-order valence-electron chi connectivity index (χ0n) is 13.5. The van der Waals surface area contributed by atoms with Gasteiger partial charge in [-0.2, -0.15) is 13.2 Å². The van der Waals surface area contributed by atoms with Crippen molar-refractivity contribution in [3.63, 3.8) is 0 Å². The Morgan fingerprint density at radius 2 is 1.62 bits per heavy atom. The van der Waals surface area contributed by atoms with Crippen LogP contribution in [-0.2, 0) is 12.6 Å². The van der Waals surface area contributed by atoms with Crippen LogP contribution in [0.25, 0.3) is 11.4 Å². The molecule has 132 valence electrons. The normalized spacial score (nSPS) is 13.8. The highest BCUT2D eigenvalue weighted by Crippen LogP contribution is 2.41. The lowest BCUT2D eigenvalue weighted by Crippen LogP contribution is -2.14. The molecule has 2 heterocycles. The van der Waals surface area contributed by atoms with E-state index in [2.05, 4.69) is 9.97 Å². The molecule has 3 aromatic rings. The van der Waals surface area contributed by atoms with E-state index in [1.807, 2.05) is 35.2 Å². The van der Waals surface area contributed by atoms with Crippen molar-refractivity contribution in [1.82, 2.24) is 9.97 Å². The number of benzene rings is 2. The van der Waals surface area contributed by atoms with Crippen LogP contribution in [0.3, 0.4) is 0 Å². The van der Waals surface area contributed by atoms with Crippen LogP contribution < -0.4 is 4.90 Å². The first-order valence-corrected chi connectivity index (χ1v) is 8.38. The maximum absolute atomic E-state index is 13.3. The largest absolute Gasteiger partial charge is 0.417 e. The van der Waals surface area contributed by atoms with Gasteiger partial charge in [0, 0.05) is 24.2 Å². The lowest BCUT2D eigenvalue weighted by molar-refractivity contribution is -0.137. The first-order valence-electron chi connectivity index (χ1n) is 8.01. The number of rotatable bonds is 2. The molecule has 4 rings (SSSR count). The van der Waals surface area contributed by atoms with Gasteiger partial charge in [0.25, 0.3) is 0 Å². The fourth-order valence-electron chi connectivity index (χ4n) is 3.15. The third kappa shape index (κ3) is 2.90. The second kappa shape index (κ2) is 6.29. The third-order valence-electron chi connectivity index (χ3n) is 4.30. The van der Waals surface area contributed by atoms with Crippen molar-refractivity contribution >= 4 is 23.0 Å². The zero-order valence-corrected chi connectivity index (χ0v) is 14.2. The molecule has 0 N–H and O–H groups in total. The monoisotopic (exact) mass is 375 g/mol. The fourth-order valence-corrected chi connectivity index (χ4v) is 3.44. The minimum absolute atomic E-state index is 0.00316. The summed E-state index contributed by atoms with van der Waals surface area (Å²) < 4.78 is 39.9. The smallest absolute Gasteiger partial charge is 0.337 e. The minimum atomic E-state index is -4.48. The molecule has 7 heteroatoms. The molecule has 0 spiro atoms. The van der Waals surface area contributed by atoms with Crippen LogP contribution in [0.4, 0.5) is 24.5 Å². The van der Waals surface area contributed by atoms with E-state index >= 15 is 0 Å². The number of halogens is 4. The molecule has 1 aliphatic heterocycles. The molecule has 0 bridgehead atoms. The second-order valence-electron chi connectivity index (χ2n) is 5.91. The number of alkyl halides is 3. The molecule has 26 heavy (non-hydrogen) atoms. The van der Waals surface area contributed by atoms with Gasteiger partial charge in [-0.15, -0.1) is 0 Å². The summed E-state index contributed by atoms with van der Waals surface area (Å²) in [4.78, 5) is 10.6. The van der Waals surface area contributed by atoms with E-state index in [0.717, 1.165) is 11.8 Å². The summed E-state index contributed by atoms with van der Waals surface area (Å²) in [6.45, 7) is 0.651. The second-order valence-corrected chi connectivity index (χ2v) is 6.27. The van der Waals surface area contributed by atoms with Crippen molar-refractivity contribution < 1.29 is 13.2 Å². The summed E-state index contributed by atoms with van der Waals surface area (Å²) >= 11 is 6.36. The van der Waals surface area contributed by atoms with Crippen LogP contribution in [0.5, 0.6) is 0 Å². The molecule has 1 aliphatic rings. The standard InChI is InChI=1S/C19H13ClF3N3/c20-17-16-15(10-11-26(16)12-6-2-1-3-7-12)24-18(25-17)13-8-4-5-9-14(13)19(21,22)23/h1-9H,10-11H2. The maximum Gasteiger partial charge on any atom is 0.417 e. The third-order valence-corrected chi connectivity index (χ3v) is 4.56. The first-order chi connectivity index (χ1) is 12.4. The first kappa shape index (κ1) is 16.8. The lowest BCUT2D eigenvalue weighted by Gasteiger charge is -2.20. The summed E-state index contributed by atoms with van der Waals surface area (Å²) in [6.07, 6.45) is -3.89. The van der Waals surface area contributed by atoms with Crippen LogP contribution in [0.15, 0.2) is 54.6 Å². The van der Waals surface area contributed by atoms with Gasteiger partial charge in [0.05, 0.1) is 11.3 Å². The summed E-state index contributed by atoms with van der Waals surface area (Å²) in [5, 5.41) is 0.156. The highest BCUT2D eigenvalue weighted by molar-refractivity contribution is 6.32. The van der Waals surface area contributed by atoms with E-state index < -0.39 is 11.7 Å². The van der Waals surface area contributed by atoms with Gasteiger partial charge in [-0.3, -0.25) is 0 Å². The van der Waals surface area contributed by atoms with Crippen LogP contribution in [0, 0.1) is 0 Å². The number of aromatic nitrogens is 2. The fraction of sp³-hybridized carbons (Fsp3) is 0.158. The Morgan fingerprint density at radius 1 is 0.923 bits per heavy atom. The predicted octanol–water partition coefficient (Wildman–Crippen LogP) is 5.51. The van der Waals surface area contributed by atoms with Gasteiger partial charge in [0.15, 0.2) is 11.0 Å². The highest BCUT2D eigenvalue weighted by Gasteiger charge is 2.35. The zero-order chi connectivity index (χ0) is 18.3. The van der Waals surface area contributed by atoms with E-state index in [4.69, 9.17) is 11.6 Å². The average Bonchev–Trinajstić information content (AvgIpc) is 3.06. The van der Waals surface area contributed by atoms with Crippen molar-refractivity contribution in [3.05, 3.63) is 71.0 Å². The quantitative estimate of drug-likeness (QED) is 0.553. The Balaban J connectivity index is 1.81. The molecular formula is C19H13ClF3N3. The summed E-state index contributed by atoms with van der Waals surface area (Å²) in [6, 6.07) is 14.9. The van der Waals surface area contributed by atoms with E-state index in [9.17, 15) is 13.2 Å². The molecule has 3 nitrogen and oxygen atoms in total. The van der Waals surface area contributed by atoms with Crippen LogP contribution in [-0.4, -0.2) is 16.5 Å². The van der Waals surface area contributed by atoms with E-state index in [-0.39, 0.29) is 16.5 Å².